The topological polar surface area (TPSA) is 119 Å². The number of hydrogen-bond donors (Lipinski definition) is 2. The molecule has 1 aromatic carbocycles. The molecule has 0 saturated carbocycles. The Balaban J connectivity index is 2.18. The van der Waals surface area contributed by atoms with Crippen molar-refractivity contribution in [3.8, 4) is 0 Å². The van der Waals surface area contributed by atoms with Gasteiger partial charge in [-0.15, -0.1) is 0 Å². The van der Waals surface area contributed by atoms with Crippen molar-refractivity contribution >= 4 is 21.9 Å². The van der Waals surface area contributed by atoms with Crippen LogP contribution < -0.4 is 11.1 Å². The van der Waals surface area contributed by atoms with E-state index in [-0.39, 0.29) is 18.0 Å². The second kappa shape index (κ2) is 7.73. The fraction of sp³-hybridized carbons (Fsp3) is 0.467. The summed E-state index contributed by atoms with van der Waals surface area (Å²) < 4.78 is 31.2. The number of hydrogen-bond acceptors (Lipinski definition) is 6. The third-order valence-corrected chi connectivity index (χ3v) is 5.82. The summed E-state index contributed by atoms with van der Waals surface area (Å²) in [6.07, 6.45) is 0.950. The predicted molar refractivity (Wildman–Crippen MR) is 86.4 cm³/mol. The lowest BCUT2D eigenvalue weighted by Gasteiger charge is -2.25. The highest BCUT2D eigenvalue weighted by atomic mass is 32.2. The van der Waals surface area contributed by atoms with E-state index in [4.69, 9.17) is 5.73 Å². The van der Waals surface area contributed by atoms with E-state index in [2.05, 4.69) is 10.1 Å². The second-order valence-corrected chi connectivity index (χ2v) is 7.30. The Morgan fingerprint density at radius 1 is 1.38 bits per heavy atom. The van der Waals surface area contributed by atoms with E-state index >= 15 is 0 Å². The first-order chi connectivity index (χ1) is 11.4. The van der Waals surface area contributed by atoms with Crippen LogP contribution in [-0.4, -0.2) is 56.9 Å². The Morgan fingerprint density at radius 2 is 2.04 bits per heavy atom. The molecule has 0 unspecified atom stereocenters. The lowest BCUT2D eigenvalue weighted by atomic mass is 10.2. The van der Waals surface area contributed by atoms with Gasteiger partial charge in [0.05, 0.1) is 12.0 Å². The summed E-state index contributed by atoms with van der Waals surface area (Å²) in [5.74, 6) is -1.21. The minimum atomic E-state index is -3.78. The Hall–Kier alpha value is -1.97. The van der Waals surface area contributed by atoms with Gasteiger partial charge in [0.25, 0.3) is 0 Å². The molecule has 3 N–H and O–H groups in total. The number of methoxy groups -OCH3 is 1. The van der Waals surface area contributed by atoms with Crippen molar-refractivity contribution in [2.45, 2.75) is 29.8 Å². The van der Waals surface area contributed by atoms with Crippen LogP contribution in [0.1, 0.15) is 12.8 Å². The largest absolute Gasteiger partial charge is 0.467 e. The van der Waals surface area contributed by atoms with Gasteiger partial charge in [0, 0.05) is 13.1 Å². The Morgan fingerprint density at radius 3 is 2.62 bits per heavy atom. The second-order valence-electron chi connectivity index (χ2n) is 5.41. The molecule has 0 radical (unpaired) electrons. The third-order valence-electron chi connectivity index (χ3n) is 3.89. The quantitative estimate of drug-likeness (QED) is 0.661. The molecule has 0 bridgehead atoms. The molecule has 0 spiro atoms. The fourth-order valence-electron chi connectivity index (χ4n) is 2.64. The van der Waals surface area contributed by atoms with Crippen molar-refractivity contribution in [2.75, 3.05) is 20.2 Å². The molecule has 1 heterocycles. The minimum Gasteiger partial charge on any atom is -0.467 e. The van der Waals surface area contributed by atoms with Crippen molar-refractivity contribution in [3.05, 3.63) is 30.3 Å². The number of nitrogens with two attached hydrogens (primary N) is 1. The first kappa shape index (κ1) is 18.4. The molecule has 1 saturated heterocycles. The zero-order valence-corrected chi connectivity index (χ0v) is 14.2. The number of ether oxygens (including phenoxy) is 1. The summed E-state index contributed by atoms with van der Waals surface area (Å²) in [7, 11) is -2.58. The Labute approximate surface area is 141 Å². The standard InChI is InChI=1S/C15H21N3O5S/c1-23-15(20)12(10-16)17-14(19)13-8-5-9-18(13)24(21,22)11-6-3-2-4-7-11/h2-4,6-7,12-13H,5,8-10,16H2,1H3,(H,17,19)/t12-,13+/m1/s1. The normalized spacial score (nSPS) is 19.7. The molecule has 24 heavy (non-hydrogen) atoms. The Kier molecular flexibility index (Phi) is 5.92. The van der Waals surface area contributed by atoms with Crippen LogP contribution in [0.4, 0.5) is 0 Å². The maximum atomic E-state index is 12.7. The van der Waals surface area contributed by atoms with Gasteiger partial charge in [0.1, 0.15) is 12.1 Å². The molecule has 1 amide bonds. The van der Waals surface area contributed by atoms with E-state index in [1.54, 1.807) is 18.2 Å². The molecule has 2 atom stereocenters. The summed E-state index contributed by atoms with van der Waals surface area (Å²) in [6.45, 7) is 0.122. The van der Waals surface area contributed by atoms with Crippen LogP contribution in [0.25, 0.3) is 0 Å². The van der Waals surface area contributed by atoms with Crippen molar-refractivity contribution < 1.29 is 22.7 Å². The molecule has 1 aromatic rings. The third kappa shape index (κ3) is 3.74. The number of nitrogens with zero attached hydrogens (tertiary/aromatic N) is 1. The summed E-state index contributed by atoms with van der Waals surface area (Å²) in [5, 5.41) is 2.47. The fourth-order valence-corrected chi connectivity index (χ4v) is 4.32. The highest BCUT2D eigenvalue weighted by Gasteiger charge is 2.40. The van der Waals surface area contributed by atoms with Crippen LogP contribution in [0.15, 0.2) is 35.2 Å². The number of amides is 1. The van der Waals surface area contributed by atoms with Gasteiger partial charge in [-0.3, -0.25) is 4.79 Å². The maximum absolute atomic E-state index is 12.7. The van der Waals surface area contributed by atoms with E-state index in [9.17, 15) is 18.0 Å². The monoisotopic (exact) mass is 355 g/mol. The lowest BCUT2D eigenvalue weighted by Crippen LogP contribution is -2.53. The summed E-state index contributed by atoms with van der Waals surface area (Å²) >= 11 is 0. The smallest absolute Gasteiger partial charge is 0.329 e. The zero-order chi connectivity index (χ0) is 17.7. The van der Waals surface area contributed by atoms with E-state index < -0.39 is 34.0 Å². The van der Waals surface area contributed by atoms with Gasteiger partial charge in [-0.25, -0.2) is 13.2 Å². The average molecular weight is 355 g/mol. The van der Waals surface area contributed by atoms with Gasteiger partial charge in [0.15, 0.2) is 0 Å². The maximum Gasteiger partial charge on any atom is 0.329 e. The van der Waals surface area contributed by atoms with Gasteiger partial charge < -0.3 is 15.8 Å². The van der Waals surface area contributed by atoms with Crippen LogP contribution in [0.2, 0.25) is 0 Å². The average Bonchev–Trinajstić information content (AvgIpc) is 3.10. The van der Waals surface area contributed by atoms with Crippen molar-refractivity contribution in [3.63, 3.8) is 0 Å². The molecular weight excluding hydrogens is 334 g/mol. The number of carbonyl (C=O) groups excluding carboxylic acids is 2. The van der Waals surface area contributed by atoms with Gasteiger partial charge in [-0.05, 0) is 25.0 Å². The number of nitrogens with one attached hydrogen (secondary N) is 1. The molecule has 0 aromatic heterocycles. The summed E-state index contributed by atoms with van der Waals surface area (Å²) in [6, 6.07) is 6.08. The number of sulfonamides is 1. The van der Waals surface area contributed by atoms with Crippen LogP contribution in [-0.2, 0) is 24.3 Å². The summed E-state index contributed by atoms with van der Waals surface area (Å²) in [5.41, 5.74) is 5.46. The molecule has 132 valence electrons. The van der Waals surface area contributed by atoms with Gasteiger partial charge in [-0.2, -0.15) is 4.31 Å². The van der Waals surface area contributed by atoms with Gasteiger partial charge in [0.2, 0.25) is 15.9 Å². The summed E-state index contributed by atoms with van der Waals surface area (Å²) in [4.78, 5) is 24.1. The number of benzene rings is 1. The van der Waals surface area contributed by atoms with Crippen molar-refractivity contribution in [1.82, 2.24) is 9.62 Å². The molecule has 8 nitrogen and oxygen atoms in total. The number of carbonyl (C=O) groups is 2. The van der Waals surface area contributed by atoms with Crippen LogP contribution in [0, 0.1) is 0 Å². The predicted octanol–water partition coefficient (Wildman–Crippen LogP) is -0.544. The highest BCUT2D eigenvalue weighted by Crippen LogP contribution is 2.26. The minimum absolute atomic E-state index is 0.128. The van der Waals surface area contributed by atoms with Crippen LogP contribution in [0.5, 0.6) is 0 Å². The van der Waals surface area contributed by atoms with Crippen molar-refractivity contribution in [1.29, 1.82) is 0 Å². The molecular formula is C15H21N3O5S. The Bertz CT molecular complexity index is 692. The van der Waals surface area contributed by atoms with E-state index in [1.165, 1.54) is 23.5 Å². The van der Waals surface area contributed by atoms with Crippen LogP contribution in [0.3, 0.4) is 0 Å². The van der Waals surface area contributed by atoms with E-state index in [0.717, 1.165) is 0 Å². The lowest BCUT2D eigenvalue weighted by molar-refractivity contribution is -0.145. The molecule has 9 heteroatoms. The molecule has 1 aliphatic rings. The van der Waals surface area contributed by atoms with E-state index in [1.807, 2.05) is 0 Å². The van der Waals surface area contributed by atoms with Crippen LogP contribution >= 0.6 is 0 Å². The van der Waals surface area contributed by atoms with Crippen molar-refractivity contribution in [2.24, 2.45) is 5.73 Å². The molecule has 1 fully saturated rings. The first-order valence-electron chi connectivity index (χ1n) is 7.57. The highest BCUT2D eigenvalue weighted by molar-refractivity contribution is 7.89. The SMILES string of the molecule is COC(=O)[C@@H](CN)NC(=O)[C@@H]1CCCN1S(=O)(=O)c1ccccc1. The van der Waals surface area contributed by atoms with Gasteiger partial charge >= 0.3 is 5.97 Å². The van der Waals surface area contributed by atoms with Gasteiger partial charge in [-0.1, -0.05) is 18.2 Å². The number of esters is 1. The molecule has 0 aliphatic carbocycles. The zero-order valence-electron chi connectivity index (χ0n) is 13.3. The molecule has 1 aliphatic heterocycles. The first-order valence-corrected chi connectivity index (χ1v) is 9.01. The molecule has 2 rings (SSSR count). The number of rotatable bonds is 6. The van der Waals surface area contributed by atoms with E-state index in [0.29, 0.717) is 12.8 Å².